The van der Waals surface area contributed by atoms with Gasteiger partial charge in [-0.2, -0.15) is 0 Å². The predicted octanol–water partition coefficient (Wildman–Crippen LogP) is 3.19. The lowest BCUT2D eigenvalue weighted by atomic mass is 10.2. The quantitative estimate of drug-likeness (QED) is 0.845. The SMILES string of the molecule is Clc1ccc(NC2CCOC2)cc1Cl. The lowest BCUT2D eigenvalue weighted by Gasteiger charge is -2.12. The first kappa shape index (κ1) is 10.1. The van der Waals surface area contributed by atoms with Crippen molar-refractivity contribution in [2.24, 2.45) is 0 Å². The molecule has 1 atom stereocenters. The van der Waals surface area contributed by atoms with E-state index in [-0.39, 0.29) is 0 Å². The Morgan fingerprint density at radius 1 is 1.29 bits per heavy atom. The number of benzene rings is 1. The van der Waals surface area contributed by atoms with Crippen molar-refractivity contribution < 1.29 is 4.74 Å². The Hall–Kier alpha value is -0.440. The molecule has 0 spiro atoms. The van der Waals surface area contributed by atoms with E-state index < -0.39 is 0 Å². The third-order valence-electron chi connectivity index (χ3n) is 2.22. The molecule has 1 aromatic rings. The van der Waals surface area contributed by atoms with Crippen LogP contribution < -0.4 is 5.32 Å². The summed E-state index contributed by atoms with van der Waals surface area (Å²) in [5, 5.41) is 4.50. The number of hydrogen-bond donors (Lipinski definition) is 1. The summed E-state index contributed by atoms with van der Waals surface area (Å²) in [5.74, 6) is 0. The summed E-state index contributed by atoms with van der Waals surface area (Å²) in [5.41, 5.74) is 0.995. The van der Waals surface area contributed by atoms with Gasteiger partial charge in [-0.25, -0.2) is 0 Å². The summed E-state index contributed by atoms with van der Waals surface area (Å²) >= 11 is 11.7. The van der Waals surface area contributed by atoms with E-state index in [9.17, 15) is 0 Å². The Kier molecular flexibility index (Phi) is 3.16. The molecule has 0 aliphatic carbocycles. The van der Waals surface area contributed by atoms with Crippen molar-refractivity contribution in [3.05, 3.63) is 28.2 Å². The van der Waals surface area contributed by atoms with Crippen molar-refractivity contribution in [3.63, 3.8) is 0 Å². The molecule has 2 rings (SSSR count). The molecule has 1 heterocycles. The van der Waals surface area contributed by atoms with Crippen LogP contribution in [0.5, 0.6) is 0 Å². The van der Waals surface area contributed by atoms with Gasteiger partial charge in [-0.1, -0.05) is 23.2 Å². The number of anilines is 1. The van der Waals surface area contributed by atoms with E-state index in [1.54, 1.807) is 6.07 Å². The van der Waals surface area contributed by atoms with Crippen LogP contribution in [0, 0.1) is 0 Å². The average Bonchev–Trinajstić information content (AvgIpc) is 2.64. The molecule has 0 radical (unpaired) electrons. The number of halogens is 2. The minimum Gasteiger partial charge on any atom is -0.380 e. The monoisotopic (exact) mass is 231 g/mol. The topological polar surface area (TPSA) is 21.3 Å². The van der Waals surface area contributed by atoms with Gasteiger partial charge >= 0.3 is 0 Å². The fourth-order valence-electron chi connectivity index (χ4n) is 1.47. The van der Waals surface area contributed by atoms with Gasteiger partial charge in [-0.15, -0.1) is 0 Å². The van der Waals surface area contributed by atoms with Crippen LogP contribution >= 0.6 is 23.2 Å². The third-order valence-corrected chi connectivity index (χ3v) is 2.96. The van der Waals surface area contributed by atoms with Crippen LogP contribution in [0.1, 0.15) is 6.42 Å². The van der Waals surface area contributed by atoms with Gasteiger partial charge < -0.3 is 10.1 Å². The van der Waals surface area contributed by atoms with Gasteiger partial charge in [0.2, 0.25) is 0 Å². The van der Waals surface area contributed by atoms with Gasteiger partial charge in [0, 0.05) is 12.3 Å². The first-order valence-corrected chi connectivity index (χ1v) is 5.30. The zero-order valence-electron chi connectivity index (χ0n) is 7.59. The van der Waals surface area contributed by atoms with Crippen LogP contribution in [0.15, 0.2) is 18.2 Å². The highest BCUT2D eigenvalue weighted by Crippen LogP contribution is 2.25. The second-order valence-corrected chi connectivity index (χ2v) is 4.15. The molecular formula is C10H11Cl2NO. The molecule has 1 fully saturated rings. The maximum absolute atomic E-state index is 5.90. The summed E-state index contributed by atoms with van der Waals surface area (Å²) < 4.78 is 5.26. The number of rotatable bonds is 2. The Morgan fingerprint density at radius 3 is 2.79 bits per heavy atom. The second-order valence-electron chi connectivity index (χ2n) is 3.33. The molecule has 1 aromatic carbocycles. The van der Waals surface area contributed by atoms with E-state index >= 15 is 0 Å². The van der Waals surface area contributed by atoms with E-state index in [4.69, 9.17) is 27.9 Å². The number of hydrogen-bond acceptors (Lipinski definition) is 2. The normalized spacial score (nSPS) is 21.1. The van der Waals surface area contributed by atoms with E-state index in [1.807, 2.05) is 12.1 Å². The van der Waals surface area contributed by atoms with Crippen LogP contribution in [-0.2, 0) is 4.74 Å². The summed E-state index contributed by atoms with van der Waals surface area (Å²) in [6.45, 7) is 1.60. The molecule has 1 saturated heterocycles. The lowest BCUT2D eigenvalue weighted by Crippen LogP contribution is -2.18. The summed E-state index contributed by atoms with van der Waals surface area (Å²) in [6.07, 6.45) is 1.04. The molecule has 1 N–H and O–H groups in total. The molecule has 2 nitrogen and oxygen atoms in total. The second kappa shape index (κ2) is 4.39. The Bertz CT molecular complexity index is 324. The Labute approximate surface area is 93.2 Å². The maximum atomic E-state index is 5.90. The fraction of sp³-hybridized carbons (Fsp3) is 0.400. The predicted molar refractivity (Wildman–Crippen MR) is 59.3 cm³/mol. The third kappa shape index (κ3) is 2.32. The van der Waals surface area contributed by atoms with Gasteiger partial charge in [0.1, 0.15) is 0 Å². The van der Waals surface area contributed by atoms with Crippen molar-refractivity contribution in [1.29, 1.82) is 0 Å². The number of ether oxygens (including phenoxy) is 1. The maximum Gasteiger partial charge on any atom is 0.0668 e. The van der Waals surface area contributed by atoms with Crippen molar-refractivity contribution in [3.8, 4) is 0 Å². The van der Waals surface area contributed by atoms with Gasteiger partial charge in [-0.05, 0) is 24.6 Å². The highest BCUT2D eigenvalue weighted by Gasteiger charge is 2.15. The minimum absolute atomic E-state index is 0.396. The molecule has 14 heavy (non-hydrogen) atoms. The van der Waals surface area contributed by atoms with Crippen LogP contribution in [0.25, 0.3) is 0 Å². The largest absolute Gasteiger partial charge is 0.380 e. The standard InChI is InChI=1S/C10H11Cl2NO/c11-9-2-1-7(5-10(9)12)13-8-3-4-14-6-8/h1-2,5,8,13H,3-4,6H2. The Balaban J connectivity index is 2.05. The Morgan fingerprint density at radius 2 is 2.14 bits per heavy atom. The highest BCUT2D eigenvalue weighted by molar-refractivity contribution is 6.42. The summed E-state index contributed by atoms with van der Waals surface area (Å²) in [7, 11) is 0. The van der Waals surface area contributed by atoms with Crippen molar-refractivity contribution in [2.45, 2.75) is 12.5 Å². The van der Waals surface area contributed by atoms with Crippen LogP contribution in [0.3, 0.4) is 0 Å². The van der Waals surface area contributed by atoms with E-state index in [1.165, 1.54) is 0 Å². The molecule has 0 bridgehead atoms. The summed E-state index contributed by atoms with van der Waals surface area (Å²) in [4.78, 5) is 0. The van der Waals surface area contributed by atoms with Gasteiger partial charge in [0.25, 0.3) is 0 Å². The summed E-state index contributed by atoms with van der Waals surface area (Å²) in [6, 6.07) is 5.95. The molecule has 4 heteroatoms. The van der Waals surface area contributed by atoms with E-state index in [0.717, 1.165) is 25.3 Å². The molecule has 0 amide bonds. The fourth-order valence-corrected chi connectivity index (χ4v) is 1.77. The van der Waals surface area contributed by atoms with E-state index in [0.29, 0.717) is 16.1 Å². The van der Waals surface area contributed by atoms with Crippen LogP contribution in [0.4, 0.5) is 5.69 Å². The zero-order valence-corrected chi connectivity index (χ0v) is 9.11. The van der Waals surface area contributed by atoms with Crippen molar-refractivity contribution in [1.82, 2.24) is 0 Å². The molecular weight excluding hydrogens is 221 g/mol. The van der Waals surface area contributed by atoms with Gasteiger partial charge in [0.15, 0.2) is 0 Å². The minimum atomic E-state index is 0.396. The molecule has 1 unspecified atom stereocenters. The smallest absolute Gasteiger partial charge is 0.0668 e. The molecule has 0 aromatic heterocycles. The average molecular weight is 232 g/mol. The van der Waals surface area contributed by atoms with Crippen LogP contribution in [-0.4, -0.2) is 19.3 Å². The first-order chi connectivity index (χ1) is 6.75. The molecule has 76 valence electrons. The van der Waals surface area contributed by atoms with E-state index in [2.05, 4.69) is 5.32 Å². The zero-order chi connectivity index (χ0) is 9.97. The molecule has 0 saturated carbocycles. The highest BCUT2D eigenvalue weighted by atomic mass is 35.5. The van der Waals surface area contributed by atoms with Gasteiger partial charge in [0.05, 0.1) is 22.7 Å². The lowest BCUT2D eigenvalue weighted by molar-refractivity contribution is 0.195. The number of nitrogens with one attached hydrogen (secondary N) is 1. The van der Waals surface area contributed by atoms with Crippen molar-refractivity contribution >= 4 is 28.9 Å². The molecule has 1 aliphatic heterocycles. The van der Waals surface area contributed by atoms with Crippen LogP contribution in [0.2, 0.25) is 10.0 Å². The van der Waals surface area contributed by atoms with Gasteiger partial charge in [-0.3, -0.25) is 0 Å². The van der Waals surface area contributed by atoms with Crippen molar-refractivity contribution in [2.75, 3.05) is 18.5 Å². The molecule has 1 aliphatic rings. The first-order valence-electron chi connectivity index (χ1n) is 4.55.